The Morgan fingerprint density at radius 2 is 1.61 bits per heavy atom. The first-order valence-corrected chi connectivity index (χ1v) is 10.7. The molecule has 0 saturated carbocycles. The monoisotopic (exact) mass is 487 g/mol. The third kappa shape index (κ3) is 5.78. The Morgan fingerprint density at radius 1 is 1.00 bits per heavy atom. The van der Waals surface area contributed by atoms with Crippen LogP contribution in [0.4, 0.5) is 0 Å². The van der Waals surface area contributed by atoms with E-state index in [0.29, 0.717) is 10.0 Å². The van der Waals surface area contributed by atoms with Gasteiger partial charge in [0.25, 0.3) is 11.8 Å². The molecule has 10 heteroatoms. The van der Waals surface area contributed by atoms with Gasteiger partial charge in [-0.15, -0.1) is 0 Å². The van der Waals surface area contributed by atoms with Gasteiger partial charge in [0.1, 0.15) is 4.90 Å². The number of hydrogen-bond acceptors (Lipinski definition) is 4. The number of hydrazine groups is 1. The van der Waals surface area contributed by atoms with E-state index in [2.05, 4.69) is 31.5 Å². The Kier molecular flexibility index (Phi) is 6.87. The summed E-state index contributed by atoms with van der Waals surface area (Å²) in [6.07, 6.45) is 0. The topological polar surface area (TPSA) is 104 Å². The van der Waals surface area contributed by atoms with Gasteiger partial charge >= 0.3 is 0 Å². The fraction of sp³-hybridized carbons (Fsp3) is 0.222. The molecule has 2 amide bonds. The second-order valence-corrected chi connectivity index (χ2v) is 9.80. The molecule has 0 fully saturated rings. The molecule has 2 aromatic carbocycles. The van der Waals surface area contributed by atoms with Crippen LogP contribution in [0.25, 0.3) is 0 Å². The van der Waals surface area contributed by atoms with Gasteiger partial charge < -0.3 is 0 Å². The average molecular weight is 489 g/mol. The number of nitrogens with one attached hydrogen (secondary N) is 3. The lowest BCUT2D eigenvalue weighted by molar-refractivity contribution is 0.0846. The molecule has 0 atom stereocenters. The summed E-state index contributed by atoms with van der Waals surface area (Å²) in [5, 5.41) is -0.0226. The molecule has 7 nitrogen and oxygen atoms in total. The zero-order valence-electron chi connectivity index (χ0n) is 15.3. The summed E-state index contributed by atoms with van der Waals surface area (Å²) >= 11 is 9.26. The third-order valence-electron chi connectivity index (χ3n) is 3.33. The molecule has 0 radical (unpaired) electrons. The molecule has 0 aliphatic carbocycles. The molecule has 0 aliphatic rings. The van der Waals surface area contributed by atoms with E-state index in [9.17, 15) is 18.0 Å². The Labute approximate surface area is 177 Å². The van der Waals surface area contributed by atoms with Gasteiger partial charge in [-0.25, -0.2) is 13.1 Å². The van der Waals surface area contributed by atoms with Gasteiger partial charge in [0.2, 0.25) is 10.0 Å². The number of sulfonamides is 1. The molecule has 0 spiro atoms. The molecule has 0 saturated heterocycles. The van der Waals surface area contributed by atoms with E-state index < -0.39 is 27.4 Å². The van der Waals surface area contributed by atoms with Crippen LogP contribution in [0.1, 0.15) is 41.5 Å². The number of halogens is 2. The number of rotatable bonds is 4. The summed E-state index contributed by atoms with van der Waals surface area (Å²) in [5.74, 6) is -1.22. The van der Waals surface area contributed by atoms with E-state index in [0.717, 1.165) is 6.07 Å². The maximum absolute atomic E-state index is 12.5. The van der Waals surface area contributed by atoms with E-state index in [1.807, 2.05) is 0 Å². The van der Waals surface area contributed by atoms with E-state index >= 15 is 0 Å². The molecule has 28 heavy (non-hydrogen) atoms. The lowest BCUT2D eigenvalue weighted by atomic mass is 10.1. The second-order valence-electron chi connectivity index (χ2n) is 6.89. The van der Waals surface area contributed by atoms with Crippen molar-refractivity contribution in [2.75, 3.05) is 0 Å². The van der Waals surface area contributed by atoms with E-state index in [4.69, 9.17) is 11.6 Å². The minimum Gasteiger partial charge on any atom is -0.267 e. The number of hydrogen-bond donors (Lipinski definition) is 3. The summed E-state index contributed by atoms with van der Waals surface area (Å²) in [6.45, 7) is 5.06. The highest BCUT2D eigenvalue weighted by Gasteiger charge is 2.25. The second kappa shape index (κ2) is 8.60. The van der Waals surface area contributed by atoms with E-state index in [-0.39, 0.29) is 15.5 Å². The van der Waals surface area contributed by atoms with Gasteiger partial charge in [-0.2, -0.15) is 0 Å². The van der Waals surface area contributed by atoms with E-state index in [1.165, 1.54) is 12.1 Å². The molecule has 0 unspecified atom stereocenters. The Bertz CT molecular complexity index is 1020. The first-order chi connectivity index (χ1) is 12.9. The molecule has 0 aliphatic heterocycles. The predicted molar refractivity (Wildman–Crippen MR) is 111 cm³/mol. The average Bonchev–Trinajstić information content (AvgIpc) is 2.58. The zero-order chi connectivity index (χ0) is 21.1. The van der Waals surface area contributed by atoms with Crippen molar-refractivity contribution in [1.29, 1.82) is 0 Å². The summed E-state index contributed by atoms with van der Waals surface area (Å²) < 4.78 is 28.1. The largest absolute Gasteiger partial charge is 0.270 e. The number of benzene rings is 2. The minimum absolute atomic E-state index is 0.0195. The van der Waals surface area contributed by atoms with Crippen LogP contribution in [0.2, 0.25) is 5.02 Å². The van der Waals surface area contributed by atoms with Gasteiger partial charge in [-0.1, -0.05) is 23.7 Å². The van der Waals surface area contributed by atoms with Crippen molar-refractivity contribution in [1.82, 2.24) is 15.6 Å². The van der Waals surface area contributed by atoms with Crippen molar-refractivity contribution >= 4 is 49.4 Å². The van der Waals surface area contributed by atoms with Gasteiger partial charge in [0.05, 0.1) is 10.6 Å². The van der Waals surface area contributed by atoms with Gasteiger partial charge in [0.15, 0.2) is 0 Å². The number of carbonyl (C=O) groups excluding carboxylic acids is 2. The smallest absolute Gasteiger partial charge is 0.267 e. The molecule has 3 N–H and O–H groups in total. The molecule has 2 aromatic rings. The van der Waals surface area contributed by atoms with Crippen LogP contribution < -0.4 is 15.6 Å². The number of amides is 2. The zero-order valence-corrected chi connectivity index (χ0v) is 18.5. The van der Waals surface area contributed by atoms with Crippen LogP contribution in [0.3, 0.4) is 0 Å². The molecule has 150 valence electrons. The quantitative estimate of drug-likeness (QED) is 0.575. The Morgan fingerprint density at radius 3 is 2.21 bits per heavy atom. The molecule has 0 aromatic heterocycles. The van der Waals surface area contributed by atoms with Crippen molar-refractivity contribution in [3.05, 3.63) is 63.1 Å². The number of carbonyl (C=O) groups is 2. The van der Waals surface area contributed by atoms with Gasteiger partial charge in [-0.05, 0) is 67.0 Å². The van der Waals surface area contributed by atoms with Crippen molar-refractivity contribution in [2.24, 2.45) is 0 Å². The highest BCUT2D eigenvalue weighted by Crippen LogP contribution is 2.24. The van der Waals surface area contributed by atoms with Crippen molar-refractivity contribution in [3.63, 3.8) is 0 Å². The first kappa shape index (κ1) is 22.4. The molecule has 0 heterocycles. The Hall–Kier alpha value is -1.94. The molecule has 2 rings (SSSR count). The highest BCUT2D eigenvalue weighted by molar-refractivity contribution is 9.10. The Balaban J connectivity index is 2.19. The predicted octanol–water partition coefficient (Wildman–Crippen LogP) is 3.25. The van der Waals surface area contributed by atoms with E-state index in [1.54, 1.807) is 45.0 Å². The van der Waals surface area contributed by atoms with Crippen molar-refractivity contribution < 1.29 is 18.0 Å². The van der Waals surface area contributed by atoms with Gasteiger partial charge in [0, 0.05) is 15.6 Å². The molecular weight excluding hydrogens is 470 g/mol. The maximum Gasteiger partial charge on any atom is 0.270 e. The van der Waals surface area contributed by atoms with Gasteiger partial charge in [-0.3, -0.25) is 20.4 Å². The summed E-state index contributed by atoms with van der Waals surface area (Å²) in [4.78, 5) is 24.3. The highest BCUT2D eigenvalue weighted by atomic mass is 79.9. The van der Waals surface area contributed by atoms with Crippen LogP contribution >= 0.6 is 27.5 Å². The normalized spacial score (nSPS) is 11.8. The summed E-state index contributed by atoms with van der Waals surface area (Å²) in [7, 11) is -3.94. The summed E-state index contributed by atoms with van der Waals surface area (Å²) in [5.41, 5.74) is 4.16. The fourth-order valence-electron chi connectivity index (χ4n) is 2.21. The van der Waals surface area contributed by atoms with Crippen LogP contribution in [-0.4, -0.2) is 25.8 Å². The SMILES string of the molecule is CC(C)(C)NS(=O)(=O)c1cc(C(=O)NNC(=O)c2ccccc2Br)ccc1Cl. The minimum atomic E-state index is -3.94. The van der Waals surface area contributed by atoms with Crippen LogP contribution in [0.5, 0.6) is 0 Å². The first-order valence-electron chi connectivity index (χ1n) is 8.09. The van der Waals surface area contributed by atoms with Crippen molar-refractivity contribution in [3.8, 4) is 0 Å². The fourth-order valence-corrected chi connectivity index (χ4v) is 4.62. The van der Waals surface area contributed by atoms with Crippen LogP contribution in [0.15, 0.2) is 51.8 Å². The molecule has 0 bridgehead atoms. The van der Waals surface area contributed by atoms with Crippen molar-refractivity contribution in [2.45, 2.75) is 31.2 Å². The lowest BCUT2D eigenvalue weighted by Gasteiger charge is -2.21. The van der Waals surface area contributed by atoms with Crippen LogP contribution in [0, 0.1) is 0 Å². The third-order valence-corrected chi connectivity index (χ3v) is 6.26. The van der Waals surface area contributed by atoms with Crippen LogP contribution in [-0.2, 0) is 10.0 Å². The lowest BCUT2D eigenvalue weighted by Crippen LogP contribution is -2.42. The molecular formula is C18H19BrClN3O4S. The summed E-state index contributed by atoms with van der Waals surface area (Å²) in [6, 6.07) is 10.5. The maximum atomic E-state index is 12.5. The standard InChI is InChI=1S/C18H19BrClN3O4S/c1-18(2,3)23-28(26,27)15-10-11(8-9-14(15)20)16(24)21-22-17(25)12-6-4-5-7-13(12)19/h4-10,23H,1-3H3,(H,21,24)(H,22,25).